The van der Waals surface area contributed by atoms with Gasteiger partial charge in [0.2, 0.25) is 0 Å². The largest absolute Gasteiger partial charge is 0.335 e. The molecule has 90 valence electrons. The van der Waals surface area contributed by atoms with Crippen molar-refractivity contribution in [2.75, 3.05) is 0 Å². The van der Waals surface area contributed by atoms with E-state index in [2.05, 4.69) is 9.97 Å². The summed E-state index contributed by atoms with van der Waals surface area (Å²) in [5, 5.41) is 8.96. The fourth-order valence-corrected chi connectivity index (χ4v) is 1.97. The van der Waals surface area contributed by atoms with Crippen LogP contribution in [0.4, 0.5) is 0 Å². The Kier molecular flexibility index (Phi) is 3.70. The Bertz CT molecular complexity index is 695. The summed E-state index contributed by atoms with van der Waals surface area (Å²) in [6.07, 6.45) is 1.34. The van der Waals surface area contributed by atoms with E-state index in [0.717, 1.165) is 12.0 Å². The summed E-state index contributed by atoms with van der Waals surface area (Å²) < 4.78 is 0.252. The minimum Gasteiger partial charge on any atom is -0.335 e. The zero-order chi connectivity index (χ0) is 13.0. The van der Waals surface area contributed by atoms with Crippen molar-refractivity contribution >= 4 is 12.2 Å². The van der Waals surface area contributed by atoms with Crippen LogP contribution < -0.4 is 5.56 Å². The molecule has 1 aromatic heterocycles. The van der Waals surface area contributed by atoms with Crippen LogP contribution in [0.5, 0.6) is 0 Å². The monoisotopic (exact) mass is 257 g/mol. The van der Waals surface area contributed by atoms with Gasteiger partial charge in [-0.15, -0.1) is 0 Å². The van der Waals surface area contributed by atoms with Crippen molar-refractivity contribution in [1.29, 1.82) is 5.26 Å². The fraction of sp³-hybridized carbons (Fsp3) is 0.154. The van der Waals surface area contributed by atoms with Gasteiger partial charge in [-0.25, -0.2) is 0 Å². The number of hydrogen-bond donors (Lipinski definition) is 2. The summed E-state index contributed by atoms with van der Waals surface area (Å²) in [5.41, 5.74) is 1.43. The molecule has 0 aliphatic rings. The van der Waals surface area contributed by atoms with Crippen molar-refractivity contribution in [3.05, 3.63) is 62.3 Å². The van der Waals surface area contributed by atoms with Crippen LogP contribution in [-0.4, -0.2) is 9.97 Å². The number of H-pyrrole nitrogens is 2. The standard InChI is InChI=1S/C13H11N3OS/c14-8-10-11(15-13(18)16-12(10)17)7-6-9-4-2-1-3-5-9/h1-5H,6-7H2,(H2,15,16,17,18). The summed E-state index contributed by atoms with van der Waals surface area (Å²) in [6, 6.07) is 11.8. The molecule has 0 aliphatic carbocycles. The molecule has 2 N–H and O–H groups in total. The predicted octanol–water partition coefficient (Wildman–Crippen LogP) is 2.09. The molecule has 0 bridgehead atoms. The van der Waals surface area contributed by atoms with E-state index >= 15 is 0 Å². The number of rotatable bonds is 3. The molecule has 0 amide bonds. The molecule has 2 aromatic rings. The molecule has 0 atom stereocenters. The van der Waals surface area contributed by atoms with Gasteiger partial charge in [-0.3, -0.25) is 9.78 Å². The first kappa shape index (κ1) is 12.3. The number of nitrogens with one attached hydrogen (secondary N) is 2. The second-order valence-corrected chi connectivity index (χ2v) is 4.27. The van der Waals surface area contributed by atoms with Gasteiger partial charge in [0.1, 0.15) is 11.6 Å². The highest BCUT2D eigenvalue weighted by Gasteiger charge is 2.07. The van der Waals surface area contributed by atoms with E-state index in [0.29, 0.717) is 12.1 Å². The van der Waals surface area contributed by atoms with Crippen molar-refractivity contribution in [1.82, 2.24) is 9.97 Å². The number of nitrogens with zero attached hydrogens (tertiary/aromatic N) is 1. The third kappa shape index (κ3) is 2.73. The van der Waals surface area contributed by atoms with Crippen molar-refractivity contribution in [3.63, 3.8) is 0 Å². The highest BCUT2D eigenvalue weighted by molar-refractivity contribution is 7.71. The summed E-state index contributed by atoms with van der Waals surface area (Å²) >= 11 is 4.90. The molecule has 1 heterocycles. The van der Waals surface area contributed by atoms with E-state index in [9.17, 15) is 4.79 Å². The molecule has 5 heteroatoms. The first-order chi connectivity index (χ1) is 8.70. The quantitative estimate of drug-likeness (QED) is 0.827. The van der Waals surface area contributed by atoms with E-state index < -0.39 is 5.56 Å². The molecular formula is C13H11N3OS. The van der Waals surface area contributed by atoms with Crippen LogP contribution in [0.1, 0.15) is 16.8 Å². The summed E-state index contributed by atoms with van der Waals surface area (Å²) in [4.78, 5) is 16.8. The Morgan fingerprint density at radius 2 is 1.89 bits per heavy atom. The lowest BCUT2D eigenvalue weighted by Crippen LogP contribution is -2.16. The summed E-state index contributed by atoms with van der Waals surface area (Å²) in [6.45, 7) is 0. The smallest absolute Gasteiger partial charge is 0.269 e. The van der Waals surface area contributed by atoms with Gasteiger partial charge in [-0.05, 0) is 30.6 Å². The molecule has 0 radical (unpaired) electrons. The molecule has 0 fully saturated rings. The first-order valence-corrected chi connectivity index (χ1v) is 5.91. The molecule has 1 aromatic carbocycles. The Balaban J connectivity index is 2.28. The van der Waals surface area contributed by atoms with Crippen molar-refractivity contribution in [2.24, 2.45) is 0 Å². The lowest BCUT2D eigenvalue weighted by atomic mass is 10.1. The first-order valence-electron chi connectivity index (χ1n) is 5.50. The van der Waals surface area contributed by atoms with E-state index in [1.54, 1.807) is 0 Å². The third-order valence-electron chi connectivity index (χ3n) is 2.64. The molecule has 0 spiro atoms. The molecule has 4 nitrogen and oxygen atoms in total. The number of hydrogen-bond acceptors (Lipinski definition) is 3. The molecule has 2 rings (SSSR count). The maximum atomic E-state index is 11.5. The highest BCUT2D eigenvalue weighted by atomic mass is 32.1. The maximum absolute atomic E-state index is 11.5. The van der Waals surface area contributed by atoms with Gasteiger partial charge >= 0.3 is 0 Å². The van der Waals surface area contributed by atoms with Crippen molar-refractivity contribution in [3.8, 4) is 6.07 Å². The van der Waals surface area contributed by atoms with Gasteiger partial charge in [-0.2, -0.15) is 5.26 Å². The van der Waals surface area contributed by atoms with E-state index in [1.165, 1.54) is 0 Å². The predicted molar refractivity (Wildman–Crippen MR) is 70.8 cm³/mol. The zero-order valence-corrected chi connectivity index (χ0v) is 10.4. The Morgan fingerprint density at radius 3 is 2.56 bits per heavy atom. The van der Waals surface area contributed by atoms with Crippen LogP contribution in [0.25, 0.3) is 0 Å². The summed E-state index contributed by atoms with van der Waals surface area (Å²) in [5.74, 6) is 0. The van der Waals surface area contributed by atoms with Crippen LogP contribution in [0, 0.1) is 16.1 Å². The lowest BCUT2D eigenvalue weighted by molar-refractivity contribution is 0.878. The minimum atomic E-state index is -0.427. The Hall–Kier alpha value is -2.19. The normalized spacial score (nSPS) is 9.94. The van der Waals surface area contributed by atoms with Gasteiger partial charge in [0.15, 0.2) is 4.77 Å². The number of aryl methyl sites for hydroxylation is 2. The van der Waals surface area contributed by atoms with Crippen molar-refractivity contribution in [2.45, 2.75) is 12.8 Å². The van der Waals surface area contributed by atoms with Crippen LogP contribution in [-0.2, 0) is 12.8 Å². The Morgan fingerprint density at radius 1 is 1.17 bits per heavy atom. The maximum Gasteiger partial charge on any atom is 0.269 e. The van der Waals surface area contributed by atoms with Gasteiger partial charge in [0.05, 0.1) is 0 Å². The second-order valence-electron chi connectivity index (χ2n) is 3.86. The van der Waals surface area contributed by atoms with Gasteiger partial charge in [0, 0.05) is 5.69 Å². The van der Waals surface area contributed by atoms with Crippen LogP contribution in [0.3, 0.4) is 0 Å². The van der Waals surface area contributed by atoms with Gasteiger partial charge in [-0.1, -0.05) is 30.3 Å². The molecule has 0 unspecified atom stereocenters. The topological polar surface area (TPSA) is 72.4 Å². The van der Waals surface area contributed by atoms with E-state index in [1.807, 2.05) is 36.4 Å². The fourth-order valence-electron chi connectivity index (χ4n) is 1.75. The SMILES string of the molecule is N#Cc1c(CCc2ccccc2)[nH]c(=S)[nH]c1=O. The molecule has 18 heavy (non-hydrogen) atoms. The zero-order valence-electron chi connectivity index (χ0n) is 9.56. The average molecular weight is 257 g/mol. The lowest BCUT2D eigenvalue weighted by Gasteiger charge is -2.03. The molecule has 0 saturated carbocycles. The van der Waals surface area contributed by atoms with Gasteiger partial charge < -0.3 is 4.98 Å². The highest BCUT2D eigenvalue weighted by Crippen LogP contribution is 2.06. The molecular weight excluding hydrogens is 246 g/mol. The number of aromatic amines is 2. The molecule has 0 saturated heterocycles. The van der Waals surface area contributed by atoms with Crippen LogP contribution in [0.15, 0.2) is 35.1 Å². The van der Waals surface area contributed by atoms with Gasteiger partial charge in [0.25, 0.3) is 5.56 Å². The minimum absolute atomic E-state index is 0.111. The van der Waals surface area contributed by atoms with E-state index in [4.69, 9.17) is 17.5 Å². The van der Waals surface area contributed by atoms with E-state index in [-0.39, 0.29) is 10.3 Å². The number of benzene rings is 1. The van der Waals surface area contributed by atoms with Crippen molar-refractivity contribution < 1.29 is 0 Å². The molecule has 0 aliphatic heterocycles. The van der Waals surface area contributed by atoms with Crippen LogP contribution >= 0.6 is 12.2 Å². The Labute approximate surface area is 109 Å². The number of nitriles is 1. The van der Waals surface area contributed by atoms with Crippen LogP contribution in [0.2, 0.25) is 0 Å². The third-order valence-corrected chi connectivity index (χ3v) is 2.84. The number of aromatic nitrogens is 2. The average Bonchev–Trinajstić information content (AvgIpc) is 2.37. The summed E-state index contributed by atoms with van der Waals surface area (Å²) in [7, 11) is 0. The second kappa shape index (κ2) is 5.43.